The Kier molecular flexibility index (Phi) is 6.94. The number of nitrogens with zero attached hydrogens (tertiary/aromatic N) is 5. The van der Waals surface area contributed by atoms with Gasteiger partial charge in [0.2, 0.25) is 5.82 Å². The molecule has 38 heavy (non-hydrogen) atoms. The van der Waals surface area contributed by atoms with Gasteiger partial charge in [-0.15, -0.1) is 13.2 Å². The molecule has 2 aromatic carbocycles. The molecule has 1 aliphatic heterocycles. The number of benzene rings is 2. The fraction of sp³-hybridized carbons (Fsp3) is 0.296. The standard InChI is InChI=1S/C27H26F3N5O3/c1-18-14-22(25-31-24(32-38-25)20-6-8-23(9-7-20)37-27(28,29)30)17-35(18)16-19-4-3-5-21(15-19)26(36)34-12-10-33(2)11-13-34/h3-9,14-15,17H,10-13,16H2,1-2H3. The molecular formula is C27H26F3N5O3. The van der Waals surface area contributed by atoms with Crippen LogP contribution >= 0.6 is 0 Å². The second kappa shape index (κ2) is 10.3. The highest BCUT2D eigenvalue weighted by Gasteiger charge is 2.31. The van der Waals surface area contributed by atoms with Crippen molar-refractivity contribution in [2.75, 3.05) is 33.2 Å². The lowest BCUT2D eigenvalue weighted by atomic mass is 10.1. The molecule has 1 amide bonds. The first kappa shape index (κ1) is 25.5. The van der Waals surface area contributed by atoms with Gasteiger partial charge >= 0.3 is 6.36 Å². The quantitative estimate of drug-likeness (QED) is 0.358. The molecule has 1 saturated heterocycles. The van der Waals surface area contributed by atoms with Crippen molar-refractivity contribution in [3.05, 3.63) is 77.6 Å². The van der Waals surface area contributed by atoms with Crippen LogP contribution < -0.4 is 4.74 Å². The molecule has 0 saturated carbocycles. The Hall–Kier alpha value is -4.12. The van der Waals surface area contributed by atoms with E-state index in [1.807, 2.05) is 52.9 Å². The molecule has 0 spiro atoms. The molecule has 5 rings (SSSR count). The number of aryl methyl sites for hydroxylation is 1. The molecule has 0 aliphatic carbocycles. The number of carbonyl (C=O) groups excluding carboxylic acids is 1. The smallest absolute Gasteiger partial charge is 0.406 e. The highest BCUT2D eigenvalue weighted by atomic mass is 19.4. The van der Waals surface area contributed by atoms with Crippen molar-refractivity contribution in [2.45, 2.75) is 19.8 Å². The minimum Gasteiger partial charge on any atom is -0.406 e. The molecule has 0 N–H and O–H groups in total. The SMILES string of the molecule is Cc1cc(-c2nc(-c3ccc(OC(F)(F)F)cc3)no2)cn1Cc1cccc(C(=O)N2CCN(C)CC2)c1. The van der Waals surface area contributed by atoms with E-state index < -0.39 is 6.36 Å². The van der Waals surface area contributed by atoms with Gasteiger partial charge in [0.1, 0.15) is 5.75 Å². The highest BCUT2D eigenvalue weighted by molar-refractivity contribution is 5.94. The van der Waals surface area contributed by atoms with Gasteiger partial charge in [-0.05, 0) is 62.0 Å². The molecule has 0 bridgehead atoms. The number of piperazine rings is 1. The lowest BCUT2D eigenvalue weighted by Crippen LogP contribution is -2.47. The van der Waals surface area contributed by atoms with Gasteiger partial charge in [-0.1, -0.05) is 17.3 Å². The first-order valence-corrected chi connectivity index (χ1v) is 12.1. The second-order valence-electron chi connectivity index (χ2n) is 9.29. The number of aromatic nitrogens is 3. The van der Waals surface area contributed by atoms with Crippen LogP contribution in [-0.4, -0.2) is 70.0 Å². The maximum Gasteiger partial charge on any atom is 0.573 e. The monoisotopic (exact) mass is 525 g/mol. The van der Waals surface area contributed by atoms with Crippen molar-refractivity contribution in [1.29, 1.82) is 0 Å². The van der Waals surface area contributed by atoms with Crippen molar-refractivity contribution in [2.24, 2.45) is 0 Å². The highest BCUT2D eigenvalue weighted by Crippen LogP contribution is 2.28. The van der Waals surface area contributed by atoms with Crippen molar-refractivity contribution in [1.82, 2.24) is 24.5 Å². The van der Waals surface area contributed by atoms with Gasteiger partial charge in [0.05, 0.1) is 5.56 Å². The van der Waals surface area contributed by atoms with Crippen LogP contribution in [0.4, 0.5) is 13.2 Å². The zero-order valence-electron chi connectivity index (χ0n) is 20.9. The number of halogens is 3. The summed E-state index contributed by atoms with van der Waals surface area (Å²) in [6.45, 7) is 5.68. The van der Waals surface area contributed by atoms with E-state index in [2.05, 4.69) is 26.8 Å². The van der Waals surface area contributed by atoms with Gasteiger partial charge in [-0.3, -0.25) is 4.79 Å². The van der Waals surface area contributed by atoms with Crippen LogP contribution in [0.15, 0.2) is 65.3 Å². The van der Waals surface area contributed by atoms with E-state index >= 15 is 0 Å². The lowest BCUT2D eigenvalue weighted by Gasteiger charge is -2.32. The first-order chi connectivity index (χ1) is 18.1. The van der Waals surface area contributed by atoms with E-state index in [4.69, 9.17) is 4.52 Å². The van der Waals surface area contributed by atoms with Crippen molar-refractivity contribution >= 4 is 5.91 Å². The summed E-state index contributed by atoms with van der Waals surface area (Å²) in [5.74, 6) is 0.253. The van der Waals surface area contributed by atoms with E-state index in [1.165, 1.54) is 24.3 Å². The molecule has 198 valence electrons. The van der Waals surface area contributed by atoms with E-state index in [0.29, 0.717) is 23.2 Å². The Morgan fingerprint density at radius 3 is 2.47 bits per heavy atom. The number of carbonyl (C=O) groups is 1. The average molecular weight is 526 g/mol. The van der Waals surface area contributed by atoms with Crippen LogP contribution in [0.5, 0.6) is 5.75 Å². The second-order valence-corrected chi connectivity index (χ2v) is 9.29. The summed E-state index contributed by atoms with van der Waals surface area (Å²) in [4.78, 5) is 21.5. The predicted molar refractivity (Wildman–Crippen MR) is 134 cm³/mol. The third-order valence-corrected chi connectivity index (χ3v) is 6.45. The lowest BCUT2D eigenvalue weighted by molar-refractivity contribution is -0.274. The van der Waals surface area contributed by atoms with Crippen LogP contribution in [0, 0.1) is 6.92 Å². The van der Waals surface area contributed by atoms with Crippen molar-refractivity contribution in [3.63, 3.8) is 0 Å². The minimum absolute atomic E-state index is 0.0428. The number of ether oxygens (including phenoxy) is 1. The number of alkyl halides is 3. The largest absolute Gasteiger partial charge is 0.573 e. The van der Waals surface area contributed by atoms with Crippen LogP contribution in [-0.2, 0) is 6.54 Å². The molecule has 0 atom stereocenters. The average Bonchev–Trinajstić information content (AvgIpc) is 3.51. The summed E-state index contributed by atoms with van der Waals surface area (Å²) < 4.78 is 48.5. The maximum absolute atomic E-state index is 13.0. The normalized spacial score (nSPS) is 14.6. The Bertz CT molecular complexity index is 1420. The van der Waals surface area contributed by atoms with Crippen molar-refractivity contribution < 1.29 is 27.2 Å². The van der Waals surface area contributed by atoms with Gasteiger partial charge in [0.25, 0.3) is 11.8 Å². The molecule has 1 aliphatic rings. The van der Waals surface area contributed by atoms with Gasteiger partial charge < -0.3 is 23.6 Å². The Labute approximate surface area is 217 Å². The Balaban J connectivity index is 1.28. The zero-order chi connectivity index (χ0) is 26.9. The Morgan fingerprint density at radius 2 is 1.76 bits per heavy atom. The summed E-state index contributed by atoms with van der Waals surface area (Å²) in [6.07, 6.45) is -2.87. The van der Waals surface area contributed by atoms with Crippen molar-refractivity contribution in [3.8, 4) is 28.6 Å². The first-order valence-electron chi connectivity index (χ1n) is 12.1. The summed E-state index contributed by atoms with van der Waals surface area (Å²) in [5, 5.41) is 3.97. The van der Waals surface area contributed by atoms with Crippen LogP contribution in [0.25, 0.3) is 22.8 Å². The molecule has 8 nitrogen and oxygen atoms in total. The summed E-state index contributed by atoms with van der Waals surface area (Å²) in [6, 6.07) is 14.8. The van der Waals surface area contributed by atoms with Crippen LogP contribution in [0.1, 0.15) is 21.6 Å². The third-order valence-electron chi connectivity index (χ3n) is 6.45. The minimum atomic E-state index is -4.76. The molecule has 1 fully saturated rings. The molecule has 4 aromatic rings. The summed E-state index contributed by atoms with van der Waals surface area (Å²) >= 11 is 0. The summed E-state index contributed by atoms with van der Waals surface area (Å²) in [7, 11) is 2.06. The van der Waals surface area contributed by atoms with Gasteiger partial charge in [-0.2, -0.15) is 4.98 Å². The predicted octanol–water partition coefficient (Wildman–Crippen LogP) is 4.85. The number of rotatable bonds is 6. The van der Waals surface area contributed by atoms with Crippen LogP contribution in [0.3, 0.4) is 0 Å². The molecule has 0 radical (unpaired) electrons. The molecule has 2 aromatic heterocycles. The summed E-state index contributed by atoms with van der Waals surface area (Å²) in [5.41, 5.74) is 3.83. The fourth-order valence-electron chi connectivity index (χ4n) is 4.36. The van der Waals surface area contributed by atoms with Gasteiger partial charge in [0.15, 0.2) is 0 Å². The number of likely N-dealkylation sites (N-methyl/N-ethyl adjacent to an activating group) is 1. The molecule has 0 unspecified atom stereocenters. The number of amides is 1. The van der Waals surface area contributed by atoms with Gasteiger partial charge in [-0.25, -0.2) is 0 Å². The Morgan fingerprint density at radius 1 is 1.03 bits per heavy atom. The van der Waals surface area contributed by atoms with E-state index in [1.54, 1.807) is 0 Å². The topological polar surface area (TPSA) is 76.6 Å². The molecule has 3 heterocycles. The third kappa shape index (κ3) is 5.88. The van der Waals surface area contributed by atoms with Gasteiger partial charge in [0, 0.05) is 55.7 Å². The van der Waals surface area contributed by atoms with Crippen LogP contribution in [0.2, 0.25) is 0 Å². The molecular weight excluding hydrogens is 499 g/mol. The number of hydrogen-bond donors (Lipinski definition) is 0. The maximum atomic E-state index is 13.0. The van der Waals surface area contributed by atoms with E-state index in [-0.39, 0.29) is 23.4 Å². The van der Waals surface area contributed by atoms with E-state index in [0.717, 1.165) is 37.4 Å². The fourth-order valence-corrected chi connectivity index (χ4v) is 4.36. The number of hydrogen-bond acceptors (Lipinski definition) is 6. The molecule has 11 heteroatoms. The van der Waals surface area contributed by atoms with E-state index in [9.17, 15) is 18.0 Å². The zero-order valence-corrected chi connectivity index (χ0v) is 20.9.